The quantitative estimate of drug-likeness (QED) is 0.821. The Morgan fingerprint density at radius 1 is 1.09 bits per heavy atom. The highest BCUT2D eigenvalue weighted by Gasteiger charge is 2.11. The van der Waals surface area contributed by atoms with Crippen LogP contribution in [0.3, 0.4) is 0 Å². The van der Waals surface area contributed by atoms with Crippen LogP contribution in [0.1, 0.15) is 25.3 Å². The molecule has 0 aromatic heterocycles. The SMILES string of the molecule is CCCC(N)C(=O)NCc1ccc(Sc2ccccc2)cc1. The van der Waals surface area contributed by atoms with Gasteiger partial charge in [-0.1, -0.05) is 55.4 Å². The van der Waals surface area contributed by atoms with Crippen LogP contribution in [0.5, 0.6) is 0 Å². The molecule has 0 fully saturated rings. The molecular weight excluding hydrogens is 292 g/mol. The van der Waals surface area contributed by atoms with Crippen LogP contribution >= 0.6 is 11.8 Å². The molecule has 0 aliphatic rings. The number of amides is 1. The largest absolute Gasteiger partial charge is 0.351 e. The van der Waals surface area contributed by atoms with Gasteiger partial charge < -0.3 is 11.1 Å². The lowest BCUT2D eigenvalue weighted by Gasteiger charge is -2.11. The first-order valence-electron chi connectivity index (χ1n) is 7.54. The van der Waals surface area contributed by atoms with Gasteiger partial charge in [-0.25, -0.2) is 0 Å². The molecule has 0 saturated carbocycles. The molecule has 3 N–H and O–H groups in total. The Bertz CT molecular complexity index is 584. The third kappa shape index (κ3) is 5.20. The summed E-state index contributed by atoms with van der Waals surface area (Å²) in [6.45, 7) is 2.54. The van der Waals surface area contributed by atoms with Gasteiger partial charge in [-0.05, 0) is 36.2 Å². The molecule has 0 spiro atoms. The normalized spacial score (nSPS) is 11.9. The number of hydrogen-bond acceptors (Lipinski definition) is 3. The zero-order valence-corrected chi connectivity index (χ0v) is 13.6. The minimum Gasteiger partial charge on any atom is -0.351 e. The van der Waals surface area contributed by atoms with Crippen LogP contribution < -0.4 is 11.1 Å². The van der Waals surface area contributed by atoms with Crippen molar-refractivity contribution in [1.82, 2.24) is 5.32 Å². The molecule has 0 heterocycles. The van der Waals surface area contributed by atoms with E-state index >= 15 is 0 Å². The van der Waals surface area contributed by atoms with Crippen LogP contribution in [-0.4, -0.2) is 11.9 Å². The standard InChI is InChI=1S/C18H22N2OS/c1-2-6-17(19)18(21)20-13-14-9-11-16(12-10-14)22-15-7-4-3-5-8-15/h3-5,7-12,17H,2,6,13,19H2,1H3,(H,20,21). The number of carbonyl (C=O) groups is 1. The fraction of sp³-hybridized carbons (Fsp3) is 0.278. The monoisotopic (exact) mass is 314 g/mol. The van der Waals surface area contributed by atoms with E-state index in [1.165, 1.54) is 9.79 Å². The molecule has 3 nitrogen and oxygen atoms in total. The van der Waals surface area contributed by atoms with Gasteiger partial charge in [0.1, 0.15) is 0 Å². The molecular formula is C18H22N2OS. The molecule has 0 aliphatic heterocycles. The average Bonchev–Trinajstić information content (AvgIpc) is 2.55. The zero-order chi connectivity index (χ0) is 15.8. The molecule has 116 valence electrons. The molecule has 22 heavy (non-hydrogen) atoms. The molecule has 2 aromatic rings. The lowest BCUT2D eigenvalue weighted by Crippen LogP contribution is -2.40. The maximum atomic E-state index is 11.8. The Hall–Kier alpha value is -1.78. The van der Waals surface area contributed by atoms with Crippen molar-refractivity contribution in [1.29, 1.82) is 0 Å². The Balaban J connectivity index is 1.85. The van der Waals surface area contributed by atoms with Gasteiger partial charge in [0, 0.05) is 16.3 Å². The number of nitrogens with two attached hydrogens (primary N) is 1. The van der Waals surface area contributed by atoms with Gasteiger partial charge in [0.2, 0.25) is 5.91 Å². The molecule has 1 atom stereocenters. The van der Waals surface area contributed by atoms with Gasteiger partial charge in [0.15, 0.2) is 0 Å². The molecule has 0 radical (unpaired) electrons. The zero-order valence-electron chi connectivity index (χ0n) is 12.8. The Labute approximate surface area is 136 Å². The summed E-state index contributed by atoms with van der Waals surface area (Å²) < 4.78 is 0. The molecule has 2 aromatic carbocycles. The van der Waals surface area contributed by atoms with Crippen molar-refractivity contribution in [3.63, 3.8) is 0 Å². The highest BCUT2D eigenvalue weighted by atomic mass is 32.2. The van der Waals surface area contributed by atoms with Gasteiger partial charge in [0.25, 0.3) is 0 Å². The summed E-state index contributed by atoms with van der Waals surface area (Å²) in [7, 11) is 0. The maximum Gasteiger partial charge on any atom is 0.237 e. The van der Waals surface area contributed by atoms with Gasteiger partial charge in [-0.15, -0.1) is 0 Å². The van der Waals surface area contributed by atoms with Crippen LogP contribution in [0.25, 0.3) is 0 Å². The van der Waals surface area contributed by atoms with E-state index in [1.54, 1.807) is 11.8 Å². The summed E-state index contributed by atoms with van der Waals surface area (Å²) in [5.74, 6) is -0.0791. The number of benzene rings is 2. The van der Waals surface area contributed by atoms with E-state index in [-0.39, 0.29) is 5.91 Å². The molecule has 1 amide bonds. The summed E-state index contributed by atoms with van der Waals surface area (Å²) in [6.07, 6.45) is 1.64. The van der Waals surface area contributed by atoms with E-state index < -0.39 is 6.04 Å². The fourth-order valence-electron chi connectivity index (χ4n) is 2.06. The number of carbonyl (C=O) groups excluding carboxylic acids is 1. The topological polar surface area (TPSA) is 55.1 Å². The molecule has 1 unspecified atom stereocenters. The average molecular weight is 314 g/mol. The van der Waals surface area contributed by atoms with Crippen molar-refractivity contribution in [2.45, 2.75) is 42.1 Å². The van der Waals surface area contributed by atoms with Gasteiger partial charge in [0.05, 0.1) is 6.04 Å². The van der Waals surface area contributed by atoms with Gasteiger partial charge >= 0.3 is 0 Å². The Morgan fingerprint density at radius 3 is 2.36 bits per heavy atom. The predicted molar refractivity (Wildman–Crippen MR) is 91.7 cm³/mol. The molecule has 2 rings (SSSR count). The van der Waals surface area contributed by atoms with Crippen molar-refractivity contribution >= 4 is 17.7 Å². The van der Waals surface area contributed by atoms with Crippen molar-refractivity contribution in [2.24, 2.45) is 5.73 Å². The first kappa shape index (κ1) is 16.6. The highest BCUT2D eigenvalue weighted by Crippen LogP contribution is 2.27. The van der Waals surface area contributed by atoms with Crippen molar-refractivity contribution in [3.05, 3.63) is 60.2 Å². The van der Waals surface area contributed by atoms with E-state index in [1.807, 2.05) is 37.3 Å². The van der Waals surface area contributed by atoms with Crippen LogP contribution in [0.2, 0.25) is 0 Å². The van der Waals surface area contributed by atoms with Crippen molar-refractivity contribution in [2.75, 3.05) is 0 Å². The van der Waals surface area contributed by atoms with Crippen molar-refractivity contribution in [3.8, 4) is 0 Å². The second-order valence-electron chi connectivity index (χ2n) is 5.17. The summed E-state index contributed by atoms with van der Waals surface area (Å²) in [6, 6.07) is 18.1. The van der Waals surface area contributed by atoms with E-state index in [0.717, 1.165) is 18.4 Å². The summed E-state index contributed by atoms with van der Waals surface area (Å²) in [4.78, 5) is 14.2. The molecule has 4 heteroatoms. The Morgan fingerprint density at radius 2 is 1.73 bits per heavy atom. The molecule has 0 bridgehead atoms. The van der Waals surface area contributed by atoms with Crippen LogP contribution in [-0.2, 0) is 11.3 Å². The lowest BCUT2D eigenvalue weighted by atomic mass is 10.1. The first-order chi connectivity index (χ1) is 10.7. The second-order valence-corrected chi connectivity index (χ2v) is 6.32. The minimum absolute atomic E-state index is 0.0791. The number of hydrogen-bond donors (Lipinski definition) is 2. The van der Waals surface area contributed by atoms with Crippen LogP contribution in [0, 0.1) is 0 Å². The van der Waals surface area contributed by atoms with Gasteiger partial charge in [-0.2, -0.15) is 0 Å². The number of nitrogens with one attached hydrogen (secondary N) is 1. The lowest BCUT2D eigenvalue weighted by molar-refractivity contribution is -0.122. The van der Waals surface area contributed by atoms with Crippen molar-refractivity contribution < 1.29 is 4.79 Å². The summed E-state index contributed by atoms with van der Waals surface area (Å²) in [5.41, 5.74) is 6.86. The first-order valence-corrected chi connectivity index (χ1v) is 8.36. The summed E-state index contributed by atoms with van der Waals surface area (Å²) in [5, 5.41) is 2.88. The third-order valence-corrected chi connectivity index (χ3v) is 4.32. The number of rotatable bonds is 7. The van der Waals surface area contributed by atoms with E-state index in [0.29, 0.717) is 6.54 Å². The van der Waals surface area contributed by atoms with Crippen LogP contribution in [0.4, 0.5) is 0 Å². The smallest absolute Gasteiger partial charge is 0.237 e. The maximum absolute atomic E-state index is 11.8. The summed E-state index contributed by atoms with van der Waals surface area (Å²) >= 11 is 1.72. The molecule has 0 aliphatic carbocycles. The van der Waals surface area contributed by atoms with E-state index in [2.05, 4.69) is 29.6 Å². The minimum atomic E-state index is -0.405. The fourth-order valence-corrected chi connectivity index (χ4v) is 2.90. The van der Waals surface area contributed by atoms with E-state index in [4.69, 9.17) is 5.73 Å². The van der Waals surface area contributed by atoms with E-state index in [9.17, 15) is 4.79 Å². The highest BCUT2D eigenvalue weighted by molar-refractivity contribution is 7.99. The predicted octanol–water partition coefficient (Wildman–Crippen LogP) is 3.58. The third-order valence-electron chi connectivity index (χ3n) is 3.31. The van der Waals surface area contributed by atoms with Crippen LogP contribution in [0.15, 0.2) is 64.4 Å². The molecule has 0 saturated heterocycles. The Kier molecular flexibility index (Phi) is 6.49. The van der Waals surface area contributed by atoms with Gasteiger partial charge in [-0.3, -0.25) is 4.79 Å². The second kappa shape index (κ2) is 8.61.